The molecule has 0 atom stereocenters. The number of carbonyl (C=O) groups excluding carboxylic acids is 1. The van der Waals surface area contributed by atoms with Gasteiger partial charge in [0.15, 0.2) is 0 Å². The highest BCUT2D eigenvalue weighted by atomic mass is 16.2. The Morgan fingerprint density at radius 2 is 2.16 bits per heavy atom. The fraction of sp³-hybridized carbons (Fsp3) is 0.500. The Morgan fingerprint density at radius 3 is 2.84 bits per heavy atom. The topological polar surface area (TPSA) is 78.6 Å². The quantitative estimate of drug-likeness (QED) is 0.282. The van der Waals surface area contributed by atoms with Crippen LogP contribution in [-0.4, -0.2) is 36.1 Å². The van der Waals surface area contributed by atoms with Crippen molar-refractivity contribution in [2.75, 3.05) is 20.2 Å². The van der Waals surface area contributed by atoms with Crippen LogP contribution in [0.15, 0.2) is 24.3 Å². The molecule has 0 unspecified atom stereocenters. The summed E-state index contributed by atoms with van der Waals surface area (Å²) in [6.45, 7) is 2.04. The van der Waals surface area contributed by atoms with Crippen LogP contribution in [0.2, 0.25) is 0 Å². The summed E-state index contributed by atoms with van der Waals surface area (Å²) in [4.78, 5) is 13.6. The van der Waals surface area contributed by atoms with E-state index in [2.05, 4.69) is 17.4 Å². The van der Waals surface area contributed by atoms with E-state index in [4.69, 9.17) is 10.9 Å². The molecule has 0 aromatic heterocycles. The highest BCUT2D eigenvalue weighted by molar-refractivity contribution is 5.93. The summed E-state index contributed by atoms with van der Waals surface area (Å²) < 4.78 is 0. The van der Waals surface area contributed by atoms with Crippen LogP contribution >= 0.6 is 0 Å². The number of nitrogens with two attached hydrogens (primary N) is 1. The Morgan fingerprint density at radius 1 is 1.37 bits per heavy atom. The van der Waals surface area contributed by atoms with Crippen molar-refractivity contribution < 1.29 is 9.90 Å². The lowest BCUT2D eigenvalue weighted by Gasteiger charge is -2.16. The van der Waals surface area contributed by atoms with Crippen LogP contribution in [0.1, 0.15) is 35.2 Å². The van der Waals surface area contributed by atoms with Crippen molar-refractivity contribution in [2.24, 2.45) is 5.84 Å². The van der Waals surface area contributed by atoms with Gasteiger partial charge in [-0.2, -0.15) is 0 Å². The minimum absolute atomic E-state index is 0.264. The van der Waals surface area contributed by atoms with E-state index in [0.29, 0.717) is 5.56 Å². The number of nitrogens with zero attached hydrogens (tertiary/aromatic N) is 1. The van der Waals surface area contributed by atoms with Gasteiger partial charge in [-0.3, -0.25) is 10.2 Å². The van der Waals surface area contributed by atoms with E-state index in [1.807, 2.05) is 18.2 Å². The summed E-state index contributed by atoms with van der Waals surface area (Å²) >= 11 is 0. The van der Waals surface area contributed by atoms with Gasteiger partial charge in [-0.1, -0.05) is 12.1 Å². The number of nitrogen functional groups attached to an aromatic ring is 1. The molecule has 5 heteroatoms. The molecule has 1 aromatic carbocycles. The third kappa shape index (κ3) is 5.83. The molecule has 1 amide bonds. The van der Waals surface area contributed by atoms with Crippen molar-refractivity contribution >= 4 is 5.91 Å². The van der Waals surface area contributed by atoms with E-state index in [0.717, 1.165) is 37.9 Å². The standard InChI is InChI=1S/C14H23N3O2/c1-17(8-3-2-4-9-18)11-12-6-5-7-13(10-12)14(19)16-15/h5-7,10,18H,2-4,8-9,11,15H2,1H3,(H,16,19). The van der Waals surface area contributed by atoms with Gasteiger partial charge < -0.3 is 10.0 Å². The largest absolute Gasteiger partial charge is 0.396 e. The van der Waals surface area contributed by atoms with Crippen LogP contribution in [0, 0.1) is 0 Å². The van der Waals surface area contributed by atoms with Gasteiger partial charge in [-0.15, -0.1) is 0 Å². The molecule has 0 radical (unpaired) electrons. The second kappa shape index (κ2) is 8.63. The first-order valence-electron chi connectivity index (χ1n) is 6.56. The summed E-state index contributed by atoms with van der Waals surface area (Å²) in [6, 6.07) is 7.45. The molecule has 0 aliphatic heterocycles. The van der Waals surface area contributed by atoms with E-state index in [-0.39, 0.29) is 12.5 Å². The fourth-order valence-corrected chi connectivity index (χ4v) is 1.96. The minimum atomic E-state index is -0.271. The van der Waals surface area contributed by atoms with E-state index >= 15 is 0 Å². The van der Waals surface area contributed by atoms with Crippen molar-refractivity contribution in [3.05, 3.63) is 35.4 Å². The van der Waals surface area contributed by atoms with Gasteiger partial charge in [-0.05, 0) is 50.6 Å². The van der Waals surface area contributed by atoms with Crippen LogP contribution in [0.3, 0.4) is 0 Å². The van der Waals surface area contributed by atoms with Crippen LogP contribution in [0.25, 0.3) is 0 Å². The Balaban J connectivity index is 2.45. The monoisotopic (exact) mass is 265 g/mol. The van der Waals surface area contributed by atoms with Crippen molar-refractivity contribution in [1.29, 1.82) is 0 Å². The van der Waals surface area contributed by atoms with Gasteiger partial charge in [0.05, 0.1) is 0 Å². The highest BCUT2D eigenvalue weighted by Crippen LogP contribution is 2.08. The molecule has 0 fully saturated rings. The molecule has 0 heterocycles. The molecule has 0 aliphatic carbocycles. The van der Waals surface area contributed by atoms with E-state index < -0.39 is 0 Å². The number of aliphatic hydroxyl groups excluding tert-OH is 1. The molecule has 19 heavy (non-hydrogen) atoms. The van der Waals surface area contributed by atoms with Gasteiger partial charge in [0.1, 0.15) is 0 Å². The first-order valence-corrected chi connectivity index (χ1v) is 6.56. The Bertz CT molecular complexity index is 396. The molecule has 0 bridgehead atoms. The Kier molecular flexibility index (Phi) is 7.10. The molecule has 1 aromatic rings. The second-order valence-corrected chi connectivity index (χ2v) is 4.70. The van der Waals surface area contributed by atoms with Gasteiger partial charge in [0, 0.05) is 18.7 Å². The van der Waals surface area contributed by atoms with Crippen molar-refractivity contribution in [3.63, 3.8) is 0 Å². The zero-order valence-corrected chi connectivity index (χ0v) is 11.4. The average Bonchev–Trinajstić information content (AvgIpc) is 2.43. The van der Waals surface area contributed by atoms with Crippen LogP contribution in [0.5, 0.6) is 0 Å². The van der Waals surface area contributed by atoms with Gasteiger partial charge in [0.2, 0.25) is 0 Å². The summed E-state index contributed by atoms with van der Waals surface area (Å²) in [6.07, 6.45) is 2.97. The summed E-state index contributed by atoms with van der Waals surface area (Å²) in [5, 5.41) is 8.71. The average molecular weight is 265 g/mol. The molecule has 4 N–H and O–H groups in total. The maximum Gasteiger partial charge on any atom is 0.265 e. The third-order valence-corrected chi connectivity index (χ3v) is 2.97. The van der Waals surface area contributed by atoms with Gasteiger partial charge in [0.25, 0.3) is 5.91 Å². The lowest BCUT2D eigenvalue weighted by Crippen LogP contribution is -2.30. The number of amides is 1. The lowest BCUT2D eigenvalue weighted by atomic mass is 10.1. The summed E-state index contributed by atoms with van der Waals surface area (Å²) in [5.41, 5.74) is 3.80. The van der Waals surface area contributed by atoms with E-state index in [9.17, 15) is 4.79 Å². The maximum atomic E-state index is 11.4. The number of hydrogen-bond acceptors (Lipinski definition) is 4. The number of rotatable bonds is 8. The third-order valence-electron chi connectivity index (χ3n) is 2.97. The normalized spacial score (nSPS) is 10.7. The molecular weight excluding hydrogens is 242 g/mol. The minimum Gasteiger partial charge on any atom is -0.396 e. The number of hydrazine groups is 1. The number of hydrogen-bond donors (Lipinski definition) is 3. The predicted octanol–water partition coefficient (Wildman–Crippen LogP) is 0.885. The lowest BCUT2D eigenvalue weighted by molar-refractivity contribution is 0.0953. The molecule has 0 aliphatic rings. The number of carbonyl (C=O) groups is 1. The molecule has 0 saturated carbocycles. The zero-order chi connectivity index (χ0) is 14.1. The summed E-state index contributed by atoms with van der Waals surface area (Å²) in [5.74, 6) is 4.85. The van der Waals surface area contributed by atoms with Gasteiger partial charge in [-0.25, -0.2) is 5.84 Å². The number of unbranched alkanes of at least 4 members (excludes halogenated alkanes) is 2. The molecule has 0 saturated heterocycles. The molecule has 5 nitrogen and oxygen atoms in total. The molecule has 106 valence electrons. The van der Waals surface area contributed by atoms with Crippen LogP contribution in [-0.2, 0) is 6.54 Å². The molecule has 0 spiro atoms. The van der Waals surface area contributed by atoms with Crippen LogP contribution < -0.4 is 11.3 Å². The Labute approximate surface area is 114 Å². The highest BCUT2D eigenvalue weighted by Gasteiger charge is 2.05. The number of nitrogens with one attached hydrogen (secondary N) is 1. The number of benzene rings is 1. The molecular formula is C14H23N3O2. The Hall–Kier alpha value is -1.43. The van der Waals surface area contributed by atoms with Crippen LogP contribution in [0.4, 0.5) is 0 Å². The summed E-state index contributed by atoms with van der Waals surface area (Å²) in [7, 11) is 2.05. The van der Waals surface area contributed by atoms with Crippen molar-refractivity contribution in [3.8, 4) is 0 Å². The van der Waals surface area contributed by atoms with E-state index in [1.165, 1.54) is 0 Å². The second-order valence-electron chi connectivity index (χ2n) is 4.70. The van der Waals surface area contributed by atoms with Gasteiger partial charge >= 0.3 is 0 Å². The first kappa shape index (κ1) is 15.6. The predicted molar refractivity (Wildman–Crippen MR) is 75.4 cm³/mol. The van der Waals surface area contributed by atoms with Crippen molar-refractivity contribution in [1.82, 2.24) is 10.3 Å². The SMILES string of the molecule is CN(CCCCCO)Cc1cccc(C(=O)NN)c1. The first-order chi connectivity index (χ1) is 9.17. The maximum absolute atomic E-state index is 11.4. The van der Waals surface area contributed by atoms with E-state index in [1.54, 1.807) is 6.07 Å². The zero-order valence-electron chi connectivity index (χ0n) is 11.4. The number of aliphatic hydroxyl groups is 1. The van der Waals surface area contributed by atoms with Crippen molar-refractivity contribution in [2.45, 2.75) is 25.8 Å². The fourth-order valence-electron chi connectivity index (χ4n) is 1.96. The molecule has 1 rings (SSSR count). The smallest absolute Gasteiger partial charge is 0.265 e.